The van der Waals surface area contributed by atoms with E-state index in [1.54, 1.807) is 31.0 Å². The van der Waals surface area contributed by atoms with Crippen LogP contribution < -0.4 is 4.90 Å². The first kappa shape index (κ1) is 12.9. The molecular weight excluding hydrogens is 209 g/mol. The maximum Gasteiger partial charge on any atom is 0.146 e. The number of aliphatic hydroxyl groups excluding tert-OH is 2. The van der Waals surface area contributed by atoms with Gasteiger partial charge in [-0.25, -0.2) is 4.39 Å². The minimum absolute atomic E-state index is 0.0336. The molecule has 0 fully saturated rings. The molecule has 0 saturated heterocycles. The number of likely N-dealkylation sites (N-methyl/N-ethyl adjacent to an activating group) is 1. The summed E-state index contributed by atoms with van der Waals surface area (Å²) in [5, 5.41) is 18.3. The van der Waals surface area contributed by atoms with Gasteiger partial charge in [0, 0.05) is 13.1 Å². The molecule has 2 atom stereocenters. The van der Waals surface area contributed by atoms with Crippen LogP contribution in [-0.2, 0) is 0 Å². The zero-order chi connectivity index (χ0) is 12.3. The van der Waals surface area contributed by atoms with Gasteiger partial charge in [0.05, 0.1) is 18.4 Å². The van der Waals surface area contributed by atoms with Crippen LogP contribution >= 0.6 is 0 Å². The van der Waals surface area contributed by atoms with Crippen molar-refractivity contribution in [3.8, 4) is 0 Å². The monoisotopic (exact) mass is 227 g/mol. The molecular formula is C12H18FNO2. The fourth-order valence-electron chi connectivity index (χ4n) is 1.43. The second-order valence-corrected chi connectivity index (χ2v) is 4.03. The number of nitrogens with zero attached hydrogens (tertiary/aromatic N) is 1. The molecule has 90 valence electrons. The summed E-state index contributed by atoms with van der Waals surface area (Å²) >= 11 is 0. The van der Waals surface area contributed by atoms with Gasteiger partial charge < -0.3 is 15.1 Å². The summed E-state index contributed by atoms with van der Waals surface area (Å²) in [6.45, 7) is 3.37. The predicted octanol–water partition coefficient (Wildman–Crippen LogP) is 1.70. The number of hydrogen-bond donors (Lipinski definition) is 2. The Hall–Kier alpha value is -1.13. The van der Waals surface area contributed by atoms with Gasteiger partial charge in [0.2, 0.25) is 0 Å². The first-order valence-corrected chi connectivity index (χ1v) is 5.28. The van der Waals surface area contributed by atoms with Gasteiger partial charge in [-0.2, -0.15) is 0 Å². The van der Waals surface area contributed by atoms with Gasteiger partial charge in [0.25, 0.3) is 0 Å². The van der Waals surface area contributed by atoms with Crippen molar-refractivity contribution in [1.82, 2.24) is 0 Å². The highest BCUT2D eigenvalue weighted by molar-refractivity contribution is 5.49. The van der Waals surface area contributed by atoms with Crippen LogP contribution in [-0.4, -0.2) is 29.9 Å². The van der Waals surface area contributed by atoms with Gasteiger partial charge in [-0.05, 0) is 31.5 Å². The molecule has 1 aromatic rings. The van der Waals surface area contributed by atoms with E-state index < -0.39 is 6.10 Å². The lowest BCUT2D eigenvalue weighted by molar-refractivity contribution is 0.199. The van der Waals surface area contributed by atoms with Crippen molar-refractivity contribution in [3.63, 3.8) is 0 Å². The molecule has 0 saturated carbocycles. The minimum Gasteiger partial charge on any atom is -0.394 e. The Morgan fingerprint density at radius 1 is 1.38 bits per heavy atom. The van der Waals surface area contributed by atoms with E-state index in [1.807, 2.05) is 6.92 Å². The highest BCUT2D eigenvalue weighted by atomic mass is 19.1. The maximum atomic E-state index is 13.7. The van der Waals surface area contributed by atoms with Crippen LogP contribution in [0.15, 0.2) is 18.2 Å². The molecule has 0 aliphatic heterocycles. The van der Waals surface area contributed by atoms with Crippen LogP contribution in [0.25, 0.3) is 0 Å². The number of hydrogen-bond acceptors (Lipinski definition) is 3. The average Bonchev–Trinajstić information content (AvgIpc) is 2.26. The topological polar surface area (TPSA) is 43.7 Å². The first-order valence-electron chi connectivity index (χ1n) is 5.28. The van der Waals surface area contributed by atoms with Crippen LogP contribution in [0.2, 0.25) is 0 Å². The Labute approximate surface area is 95.1 Å². The summed E-state index contributed by atoms with van der Waals surface area (Å²) in [7, 11) is 1.72. The van der Waals surface area contributed by atoms with E-state index in [1.165, 1.54) is 6.07 Å². The number of anilines is 1. The van der Waals surface area contributed by atoms with Gasteiger partial charge >= 0.3 is 0 Å². The van der Waals surface area contributed by atoms with Crippen molar-refractivity contribution in [3.05, 3.63) is 29.6 Å². The molecule has 0 bridgehead atoms. The smallest absolute Gasteiger partial charge is 0.146 e. The molecule has 1 unspecified atom stereocenters. The SMILES string of the molecule is CC(CO)N(C)c1ccc([C@@H](C)O)cc1F. The van der Waals surface area contributed by atoms with Gasteiger partial charge in [-0.15, -0.1) is 0 Å². The molecule has 4 heteroatoms. The second-order valence-electron chi connectivity index (χ2n) is 4.03. The van der Waals surface area contributed by atoms with Crippen LogP contribution in [0.4, 0.5) is 10.1 Å². The lowest BCUT2D eigenvalue weighted by atomic mass is 10.1. The predicted molar refractivity (Wildman–Crippen MR) is 62.0 cm³/mol. The lowest BCUT2D eigenvalue weighted by Crippen LogP contribution is -2.32. The molecule has 2 N–H and O–H groups in total. The van der Waals surface area contributed by atoms with Crippen molar-refractivity contribution in [1.29, 1.82) is 0 Å². The van der Waals surface area contributed by atoms with Gasteiger partial charge in [-0.3, -0.25) is 0 Å². The van der Waals surface area contributed by atoms with Crippen molar-refractivity contribution in [2.45, 2.75) is 26.0 Å². The van der Waals surface area contributed by atoms with E-state index in [4.69, 9.17) is 5.11 Å². The fourth-order valence-corrected chi connectivity index (χ4v) is 1.43. The Balaban J connectivity index is 2.99. The first-order chi connectivity index (χ1) is 7.47. The Morgan fingerprint density at radius 3 is 2.44 bits per heavy atom. The third kappa shape index (κ3) is 2.71. The average molecular weight is 227 g/mol. The molecule has 3 nitrogen and oxygen atoms in total. The molecule has 0 aliphatic rings. The zero-order valence-corrected chi connectivity index (χ0v) is 9.81. The summed E-state index contributed by atoms with van der Waals surface area (Å²) in [5.74, 6) is -0.388. The zero-order valence-electron chi connectivity index (χ0n) is 9.81. The molecule has 0 amide bonds. The number of aliphatic hydroxyl groups is 2. The van der Waals surface area contributed by atoms with Crippen LogP contribution in [0.5, 0.6) is 0 Å². The van der Waals surface area contributed by atoms with Gasteiger partial charge in [0.15, 0.2) is 0 Å². The molecule has 0 heterocycles. The highest BCUT2D eigenvalue weighted by Gasteiger charge is 2.14. The van der Waals surface area contributed by atoms with Crippen molar-refractivity contribution in [2.75, 3.05) is 18.6 Å². The maximum absolute atomic E-state index is 13.7. The highest BCUT2D eigenvalue weighted by Crippen LogP contribution is 2.23. The van der Waals surface area contributed by atoms with E-state index in [2.05, 4.69) is 0 Å². The van der Waals surface area contributed by atoms with E-state index in [-0.39, 0.29) is 18.5 Å². The third-order valence-corrected chi connectivity index (χ3v) is 2.76. The van der Waals surface area contributed by atoms with E-state index >= 15 is 0 Å². The largest absolute Gasteiger partial charge is 0.394 e. The molecule has 0 radical (unpaired) electrons. The Morgan fingerprint density at radius 2 is 2.00 bits per heavy atom. The van der Waals surface area contributed by atoms with Gasteiger partial charge in [-0.1, -0.05) is 6.07 Å². The number of benzene rings is 1. The molecule has 0 aliphatic carbocycles. The van der Waals surface area contributed by atoms with Crippen LogP contribution in [0.3, 0.4) is 0 Å². The van der Waals surface area contributed by atoms with Gasteiger partial charge in [0.1, 0.15) is 5.82 Å². The summed E-state index contributed by atoms with van der Waals surface area (Å²) in [6, 6.07) is 4.47. The Bertz CT molecular complexity index is 355. The quantitative estimate of drug-likeness (QED) is 0.822. The van der Waals surface area contributed by atoms with E-state index in [9.17, 15) is 9.50 Å². The minimum atomic E-state index is -0.677. The van der Waals surface area contributed by atoms with Crippen LogP contribution in [0.1, 0.15) is 25.5 Å². The molecule has 1 rings (SSSR count). The summed E-state index contributed by atoms with van der Waals surface area (Å²) in [6.07, 6.45) is -0.677. The Kier molecular flexibility index (Phi) is 4.26. The molecule has 16 heavy (non-hydrogen) atoms. The molecule has 0 aromatic heterocycles. The van der Waals surface area contributed by atoms with Crippen LogP contribution in [0, 0.1) is 5.82 Å². The fraction of sp³-hybridized carbons (Fsp3) is 0.500. The van der Waals surface area contributed by atoms with Crippen molar-refractivity contribution >= 4 is 5.69 Å². The third-order valence-electron chi connectivity index (χ3n) is 2.76. The second kappa shape index (κ2) is 5.27. The normalized spacial score (nSPS) is 14.6. The van der Waals surface area contributed by atoms with Crippen molar-refractivity contribution < 1.29 is 14.6 Å². The van der Waals surface area contributed by atoms with E-state index in [0.717, 1.165) is 0 Å². The number of rotatable bonds is 4. The molecule has 1 aromatic carbocycles. The summed E-state index contributed by atoms with van der Waals surface area (Å²) in [4.78, 5) is 1.67. The molecule has 0 spiro atoms. The summed E-state index contributed by atoms with van der Waals surface area (Å²) in [5.41, 5.74) is 0.970. The van der Waals surface area contributed by atoms with E-state index in [0.29, 0.717) is 11.3 Å². The summed E-state index contributed by atoms with van der Waals surface area (Å²) < 4.78 is 13.7. The van der Waals surface area contributed by atoms with Crippen molar-refractivity contribution in [2.24, 2.45) is 0 Å². The number of halogens is 1. The lowest BCUT2D eigenvalue weighted by Gasteiger charge is -2.26. The standard InChI is InChI=1S/C12H18FNO2/c1-8(7-15)14(3)12-5-4-10(9(2)16)6-11(12)13/h4-6,8-9,15-16H,7H2,1-3H3/t8?,9-/m1/s1.